The lowest BCUT2D eigenvalue weighted by Crippen LogP contribution is -2.63. The molecule has 0 aliphatic heterocycles. The van der Waals surface area contributed by atoms with Gasteiger partial charge in [-0.15, -0.1) is 0 Å². The largest absolute Gasteiger partial charge is 0.478 e. The van der Waals surface area contributed by atoms with Crippen molar-refractivity contribution in [2.75, 3.05) is 6.61 Å². The number of hydrogen-bond donors (Lipinski definition) is 2. The van der Waals surface area contributed by atoms with Crippen molar-refractivity contribution in [3.63, 3.8) is 0 Å². The zero-order chi connectivity index (χ0) is 30.5. The number of aryl methyl sites for hydroxylation is 1. The Morgan fingerprint density at radius 2 is 1.76 bits per heavy atom. The van der Waals surface area contributed by atoms with E-state index in [0.29, 0.717) is 12.8 Å². The number of aliphatic carboxylic acids is 1. The molecule has 10 heteroatoms. The smallest absolute Gasteiger partial charge is 0.333 e. The molecule has 0 radical (unpaired) electrons. The predicted molar refractivity (Wildman–Crippen MR) is 150 cm³/mol. The molecule has 41 heavy (non-hydrogen) atoms. The van der Waals surface area contributed by atoms with Crippen LogP contribution in [0.1, 0.15) is 72.3 Å². The Kier molecular flexibility index (Phi) is 8.37. The number of rotatable bonds is 7. The molecule has 3 aliphatic carbocycles. The first-order valence-electron chi connectivity index (χ1n) is 14.3. The Labute approximate surface area is 242 Å². The van der Waals surface area contributed by atoms with E-state index < -0.39 is 63.0 Å². The number of carbonyl (C=O) groups is 3. The number of aliphatic hydroxyl groups is 1. The van der Waals surface area contributed by atoms with Crippen LogP contribution in [0.25, 0.3) is 0 Å². The lowest BCUT2D eigenvalue weighted by molar-refractivity contribution is -0.207. The summed E-state index contributed by atoms with van der Waals surface area (Å²) in [5, 5.41) is 21.5. The molecule has 3 fully saturated rings. The average Bonchev–Trinajstić information content (AvgIpc) is 3.26. The number of carboxylic acid groups (broad SMARTS) is 1. The van der Waals surface area contributed by atoms with Crippen molar-refractivity contribution in [2.45, 2.75) is 90.7 Å². The topological polar surface area (TPSA) is 144 Å². The minimum Gasteiger partial charge on any atom is -0.478 e. The zero-order valence-corrected chi connectivity index (χ0v) is 25.5. The molecule has 3 saturated carbocycles. The van der Waals surface area contributed by atoms with Crippen LogP contribution in [-0.4, -0.2) is 55.2 Å². The lowest BCUT2D eigenvalue weighted by atomic mass is 9.44. The van der Waals surface area contributed by atoms with Gasteiger partial charge in [0, 0.05) is 28.7 Å². The molecule has 1 aromatic carbocycles. The number of benzene rings is 1. The number of aliphatic hydroxyl groups excluding tert-OH is 1. The van der Waals surface area contributed by atoms with Crippen LogP contribution >= 0.6 is 0 Å². The van der Waals surface area contributed by atoms with Gasteiger partial charge in [0.15, 0.2) is 6.61 Å². The Morgan fingerprint density at radius 1 is 1.12 bits per heavy atom. The van der Waals surface area contributed by atoms with Crippen LogP contribution in [0.5, 0.6) is 0 Å². The number of carbonyl (C=O) groups excluding carboxylic acids is 2. The van der Waals surface area contributed by atoms with Crippen molar-refractivity contribution in [1.82, 2.24) is 0 Å². The Morgan fingerprint density at radius 3 is 2.37 bits per heavy atom. The molecule has 226 valence electrons. The first kappa shape index (κ1) is 31.4. The summed E-state index contributed by atoms with van der Waals surface area (Å²) < 4.78 is 36.5. The van der Waals surface area contributed by atoms with Crippen molar-refractivity contribution >= 4 is 27.8 Å². The maximum Gasteiger partial charge on any atom is 0.333 e. The fourth-order valence-corrected chi connectivity index (χ4v) is 8.95. The summed E-state index contributed by atoms with van der Waals surface area (Å²) in [7, 11) is -4.23. The van der Waals surface area contributed by atoms with E-state index >= 15 is 0 Å². The predicted octanol–water partition coefficient (Wildman–Crippen LogP) is 4.45. The molecule has 0 aromatic heterocycles. The van der Waals surface area contributed by atoms with Gasteiger partial charge >= 0.3 is 11.9 Å². The van der Waals surface area contributed by atoms with Crippen LogP contribution in [0.15, 0.2) is 40.8 Å². The molecule has 0 unspecified atom stereocenters. The summed E-state index contributed by atoms with van der Waals surface area (Å²) in [5.41, 5.74) is -1.54. The number of hydrogen-bond acceptors (Lipinski definition) is 8. The third-order valence-electron chi connectivity index (χ3n) is 10.6. The fraction of sp³-hybridized carbons (Fsp3) is 0.645. The molecule has 1 aromatic rings. The van der Waals surface area contributed by atoms with Crippen LogP contribution in [0, 0.1) is 40.9 Å². The average molecular weight is 591 g/mol. The van der Waals surface area contributed by atoms with Gasteiger partial charge in [0.2, 0.25) is 0 Å². The highest BCUT2D eigenvalue weighted by Gasteiger charge is 2.68. The van der Waals surface area contributed by atoms with E-state index in [9.17, 15) is 33.0 Å². The summed E-state index contributed by atoms with van der Waals surface area (Å²) in [6.07, 6.45) is 2.14. The first-order valence-corrected chi connectivity index (χ1v) is 15.7. The second-order valence-corrected chi connectivity index (χ2v) is 14.6. The van der Waals surface area contributed by atoms with Gasteiger partial charge in [-0.2, -0.15) is 8.42 Å². The third kappa shape index (κ3) is 5.39. The number of ether oxygens (including phenoxy) is 1. The van der Waals surface area contributed by atoms with E-state index in [1.54, 1.807) is 19.1 Å². The second kappa shape index (κ2) is 10.9. The summed E-state index contributed by atoms with van der Waals surface area (Å²) in [4.78, 5) is 38.5. The number of esters is 1. The monoisotopic (exact) mass is 590 g/mol. The Hall–Kier alpha value is -2.56. The van der Waals surface area contributed by atoms with Gasteiger partial charge in [-0.05, 0) is 68.9 Å². The maximum atomic E-state index is 13.6. The molecule has 2 N–H and O–H groups in total. The van der Waals surface area contributed by atoms with Crippen LogP contribution < -0.4 is 0 Å². The van der Waals surface area contributed by atoms with Crippen LogP contribution in [0.2, 0.25) is 0 Å². The zero-order valence-electron chi connectivity index (χ0n) is 24.7. The van der Waals surface area contributed by atoms with Crippen LogP contribution in [-0.2, 0) is 33.4 Å². The third-order valence-corrected chi connectivity index (χ3v) is 11.9. The van der Waals surface area contributed by atoms with Gasteiger partial charge in [0.25, 0.3) is 10.1 Å². The molecule has 0 spiro atoms. The minimum absolute atomic E-state index is 0.0334. The van der Waals surface area contributed by atoms with E-state index in [0.717, 1.165) is 18.4 Å². The fourth-order valence-electron chi connectivity index (χ4n) is 8.09. The minimum atomic E-state index is -4.23. The van der Waals surface area contributed by atoms with Gasteiger partial charge in [-0.25, -0.2) is 9.59 Å². The number of Topliss-reactive ketones (excluding diaryl/α,β-unsaturated/α-hetero) is 1. The molecule has 3 aliphatic rings. The van der Waals surface area contributed by atoms with E-state index in [4.69, 9.17) is 8.92 Å². The molecular weight excluding hydrogens is 548 g/mol. The summed E-state index contributed by atoms with van der Waals surface area (Å²) in [6.45, 7) is 10.1. The quantitative estimate of drug-likeness (QED) is 0.267. The van der Waals surface area contributed by atoms with E-state index in [1.165, 1.54) is 25.1 Å². The normalized spacial score (nSPS) is 37.6. The van der Waals surface area contributed by atoms with Gasteiger partial charge in [0.05, 0.1) is 11.0 Å². The van der Waals surface area contributed by atoms with E-state index in [2.05, 4.69) is 0 Å². The van der Waals surface area contributed by atoms with Crippen LogP contribution in [0.3, 0.4) is 0 Å². The molecule has 9 nitrogen and oxygen atoms in total. The van der Waals surface area contributed by atoms with Crippen molar-refractivity contribution < 1.29 is 41.9 Å². The van der Waals surface area contributed by atoms with Crippen molar-refractivity contribution in [3.05, 3.63) is 41.5 Å². The van der Waals surface area contributed by atoms with E-state index in [1.807, 2.05) is 27.7 Å². The molecular formula is C31H42O9S. The maximum absolute atomic E-state index is 13.6. The van der Waals surface area contributed by atoms with Gasteiger partial charge in [0.1, 0.15) is 11.9 Å². The summed E-state index contributed by atoms with van der Waals surface area (Å²) in [6, 6.07) is 6.04. The molecule has 0 heterocycles. The summed E-state index contributed by atoms with van der Waals surface area (Å²) >= 11 is 0. The summed E-state index contributed by atoms with van der Waals surface area (Å²) in [5.74, 6) is -2.76. The SMILES string of the molecule is C/C(=C\[C@]1(C)C[C@@H](OC(=O)COS(=O)(=O)c2ccc(C)cc2)[C@]2(C)[C@H](C)CC[C@]3(CCC(=O)[C@H]32)[C@@H](C)[C@@H]1O)C(=O)O. The van der Waals surface area contributed by atoms with Gasteiger partial charge in [-0.1, -0.05) is 51.5 Å². The first-order chi connectivity index (χ1) is 19.0. The molecule has 0 saturated heterocycles. The highest BCUT2D eigenvalue weighted by Crippen LogP contribution is 2.68. The number of ketones is 1. The number of carboxylic acids is 1. The standard InChI is InChI=1S/C31H42O9S/c1-18-7-9-22(10-8-18)41(37,38)39-17-25(33)40-24-16-29(5,15-19(2)28(35)36)27(34)21(4)31-13-11-20(3)30(24,6)26(31)23(32)12-14-31/h7-10,15,20-21,24,26-27,34H,11-14,16-17H2,1-6H3,(H,35,36)/b19-15+/t20-,21+,24-,26+,27+,29-,30+,31+/m1/s1. The Bertz CT molecular complexity index is 1350. The molecule has 8 atom stereocenters. The van der Waals surface area contributed by atoms with Crippen LogP contribution in [0.4, 0.5) is 0 Å². The highest BCUT2D eigenvalue weighted by molar-refractivity contribution is 7.86. The Balaban J connectivity index is 1.73. The molecule has 0 amide bonds. The van der Waals surface area contributed by atoms with Crippen molar-refractivity contribution in [3.8, 4) is 0 Å². The lowest BCUT2D eigenvalue weighted by Gasteiger charge is -2.61. The van der Waals surface area contributed by atoms with E-state index in [-0.39, 0.29) is 34.5 Å². The van der Waals surface area contributed by atoms with Gasteiger partial charge in [-0.3, -0.25) is 8.98 Å². The molecule has 4 rings (SSSR count). The molecule has 2 bridgehead atoms. The van der Waals surface area contributed by atoms with Gasteiger partial charge < -0.3 is 14.9 Å². The van der Waals surface area contributed by atoms with Crippen molar-refractivity contribution in [1.29, 1.82) is 0 Å². The second-order valence-electron chi connectivity index (χ2n) is 13.0. The van der Waals surface area contributed by atoms with Crippen molar-refractivity contribution in [2.24, 2.45) is 34.0 Å². The highest BCUT2D eigenvalue weighted by atomic mass is 32.2.